The Kier molecular flexibility index (Phi) is 3.23. The SMILES string of the molecule is Cc1ccc(Nc2c3ccccc3nc3ccccc23)c(C)c1. The van der Waals surface area contributed by atoms with Gasteiger partial charge in [0.2, 0.25) is 0 Å². The largest absolute Gasteiger partial charge is 0.354 e. The number of aryl methyl sites for hydroxylation is 2. The predicted octanol–water partition coefficient (Wildman–Crippen LogP) is 5.75. The zero-order chi connectivity index (χ0) is 15.8. The predicted molar refractivity (Wildman–Crippen MR) is 98.4 cm³/mol. The molecule has 0 aliphatic carbocycles. The van der Waals surface area contributed by atoms with E-state index in [1.807, 2.05) is 12.1 Å². The van der Waals surface area contributed by atoms with Gasteiger partial charge in [-0.3, -0.25) is 0 Å². The Balaban J connectivity index is 1.99. The average Bonchev–Trinajstić information content (AvgIpc) is 2.56. The Morgan fingerprint density at radius 1 is 0.739 bits per heavy atom. The number of benzene rings is 3. The summed E-state index contributed by atoms with van der Waals surface area (Å²) in [5.74, 6) is 0. The van der Waals surface area contributed by atoms with Crippen molar-refractivity contribution >= 4 is 33.2 Å². The lowest BCUT2D eigenvalue weighted by Gasteiger charge is -2.15. The highest BCUT2D eigenvalue weighted by Crippen LogP contribution is 2.33. The minimum Gasteiger partial charge on any atom is -0.354 e. The standard InChI is InChI=1S/C21H18N2/c1-14-11-12-18(15(2)13-14)23-21-16-7-3-5-9-19(16)22-20-10-6-4-8-17(20)21/h3-13H,1-2H3,(H,22,23). The number of fused-ring (bicyclic) bond motifs is 2. The molecule has 0 amide bonds. The molecule has 0 radical (unpaired) electrons. The summed E-state index contributed by atoms with van der Waals surface area (Å²) in [7, 11) is 0. The molecule has 0 bridgehead atoms. The Hall–Kier alpha value is -2.87. The molecule has 3 aromatic carbocycles. The molecule has 4 aromatic rings. The maximum Gasteiger partial charge on any atom is 0.0730 e. The van der Waals surface area contributed by atoms with Gasteiger partial charge in [0, 0.05) is 16.5 Å². The summed E-state index contributed by atoms with van der Waals surface area (Å²) in [5.41, 5.74) is 6.81. The minimum atomic E-state index is 1.01. The van der Waals surface area contributed by atoms with Gasteiger partial charge in [-0.2, -0.15) is 0 Å². The van der Waals surface area contributed by atoms with Crippen molar-refractivity contribution in [2.75, 3.05) is 5.32 Å². The van der Waals surface area contributed by atoms with Crippen molar-refractivity contribution < 1.29 is 0 Å². The number of anilines is 2. The van der Waals surface area contributed by atoms with E-state index in [9.17, 15) is 0 Å². The first-order valence-corrected chi connectivity index (χ1v) is 7.84. The highest BCUT2D eigenvalue weighted by molar-refractivity contribution is 6.08. The van der Waals surface area contributed by atoms with Crippen LogP contribution in [0.3, 0.4) is 0 Å². The molecular weight excluding hydrogens is 280 g/mol. The van der Waals surface area contributed by atoms with Gasteiger partial charge in [0.25, 0.3) is 0 Å². The molecule has 112 valence electrons. The summed E-state index contributed by atoms with van der Waals surface area (Å²) in [5, 5.41) is 5.93. The quantitative estimate of drug-likeness (QED) is 0.477. The summed E-state index contributed by atoms with van der Waals surface area (Å²) >= 11 is 0. The van der Waals surface area contributed by atoms with Crippen LogP contribution in [-0.4, -0.2) is 4.98 Å². The van der Waals surface area contributed by atoms with Crippen LogP contribution in [0.1, 0.15) is 11.1 Å². The molecule has 23 heavy (non-hydrogen) atoms. The number of rotatable bonds is 2. The minimum absolute atomic E-state index is 1.01. The second-order valence-electron chi connectivity index (χ2n) is 5.96. The number of hydrogen-bond donors (Lipinski definition) is 1. The molecule has 0 saturated heterocycles. The van der Waals surface area contributed by atoms with Crippen molar-refractivity contribution in [3.8, 4) is 0 Å². The number of aromatic nitrogens is 1. The summed E-state index contributed by atoms with van der Waals surface area (Å²) < 4.78 is 0. The summed E-state index contributed by atoms with van der Waals surface area (Å²) in [6, 6.07) is 23.1. The molecule has 0 aliphatic heterocycles. The maximum absolute atomic E-state index is 4.78. The third-order valence-electron chi connectivity index (χ3n) is 4.23. The molecule has 0 aliphatic rings. The van der Waals surface area contributed by atoms with Gasteiger partial charge < -0.3 is 5.32 Å². The normalized spacial score (nSPS) is 11.0. The number of pyridine rings is 1. The average molecular weight is 298 g/mol. The van der Waals surface area contributed by atoms with Crippen molar-refractivity contribution in [2.24, 2.45) is 0 Å². The highest BCUT2D eigenvalue weighted by Gasteiger charge is 2.09. The lowest BCUT2D eigenvalue weighted by Crippen LogP contribution is -1.97. The third-order valence-corrected chi connectivity index (χ3v) is 4.23. The van der Waals surface area contributed by atoms with E-state index >= 15 is 0 Å². The number of nitrogens with zero attached hydrogens (tertiary/aromatic N) is 1. The first-order valence-electron chi connectivity index (χ1n) is 7.84. The topological polar surface area (TPSA) is 24.9 Å². The van der Waals surface area contributed by atoms with E-state index < -0.39 is 0 Å². The van der Waals surface area contributed by atoms with Crippen LogP contribution in [0.4, 0.5) is 11.4 Å². The van der Waals surface area contributed by atoms with E-state index in [-0.39, 0.29) is 0 Å². The van der Waals surface area contributed by atoms with Crippen molar-refractivity contribution in [3.63, 3.8) is 0 Å². The molecule has 2 heteroatoms. The fourth-order valence-electron chi connectivity index (χ4n) is 3.06. The molecule has 0 spiro atoms. The van der Waals surface area contributed by atoms with Gasteiger partial charge >= 0.3 is 0 Å². The molecule has 0 fully saturated rings. The number of hydrogen-bond acceptors (Lipinski definition) is 2. The Bertz CT molecular complexity index is 965. The fraction of sp³-hybridized carbons (Fsp3) is 0.0952. The summed E-state index contributed by atoms with van der Waals surface area (Å²) in [6.45, 7) is 4.26. The summed E-state index contributed by atoms with van der Waals surface area (Å²) in [4.78, 5) is 4.78. The molecule has 1 N–H and O–H groups in total. The molecule has 0 saturated carbocycles. The second-order valence-corrected chi connectivity index (χ2v) is 5.96. The van der Waals surface area contributed by atoms with Crippen LogP contribution >= 0.6 is 0 Å². The smallest absolute Gasteiger partial charge is 0.0730 e. The molecule has 4 rings (SSSR count). The second kappa shape index (κ2) is 5.40. The highest BCUT2D eigenvalue weighted by atomic mass is 14.9. The van der Waals surface area contributed by atoms with Crippen LogP contribution in [0.25, 0.3) is 21.8 Å². The van der Waals surface area contributed by atoms with Gasteiger partial charge in [0.1, 0.15) is 0 Å². The molecular formula is C21H18N2. The van der Waals surface area contributed by atoms with Crippen LogP contribution in [0.15, 0.2) is 66.7 Å². The van der Waals surface area contributed by atoms with E-state index in [2.05, 4.69) is 73.8 Å². The molecule has 2 nitrogen and oxygen atoms in total. The van der Waals surface area contributed by atoms with Gasteiger partial charge in [0.05, 0.1) is 16.7 Å². The van der Waals surface area contributed by atoms with Crippen LogP contribution < -0.4 is 5.32 Å². The first-order chi connectivity index (χ1) is 11.2. The van der Waals surface area contributed by atoms with Gasteiger partial charge in [-0.1, -0.05) is 54.1 Å². The molecule has 1 heterocycles. The number of nitrogens with one attached hydrogen (secondary N) is 1. The van der Waals surface area contributed by atoms with Crippen molar-refractivity contribution in [1.29, 1.82) is 0 Å². The van der Waals surface area contributed by atoms with E-state index in [1.54, 1.807) is 0 Å². The zero-order valence-electron chi connectivity index (χ0n) is 13.3. The Labute approximate surface area is 135 Å². The van der Waals surface area contributed by atoms with E-state index in [1.165, 1.54) is 11.1 Å². The first kappa shape index (κ1) is 13.8. The lowest BCUT2D eigenvalue weighted by atomic mass is 10.1. The van der Waals surface area contributed by atoms with Crippen LogP contribution in [0, 0.1) is 13.8 Å². The van der Waals surface area contributed by atoms with Crippen molar-refractivity contribution in [3.05, 3.63) is 77.9 Å². The van der Waals surface area contributed by atoms with Crippen LogP contribution in [0.5, 0.6) is 0 Å². The van der Waals surface area contributed by atoms with E-state index in [0.29, 0.717) is 0 Å². The van der Waals surface area contributed by atoms with Gasteiger partial charge in [-0.25, -0.2) is 4.98 Å². The van der Waals surface area contributed by atoms with Crippen molar-refractivity contribution in [2.45, 2.75) is 13.8 Å². The van der Waals surface area contributed by atoms with Gasteiger partial charge in [-0.05, 0) is 37.6 Å². The molecule has 0 unspecified atom stereocenters. The Morgan fingerprint density at radius 3 is 1.96 bits per heavy atom. The van der Waals surface area contributed by atoms with E-state index in [0.717, 1.165) is 33.2 Å². The van der Waals surface area contributed by atoms with Crippen LogP contribution in [0.2, 0.25) is 0 Å². The summed E-state index contributed by atoms with van der Waals surface area (Å²) in [6.07, 6.45) is 0. The van der Waals surface area contributed by atoms with Crippen LogP contribution in [-0.2, 0) is 0 Å². The fourth-order valence-corrected chi connectivity index (χ4v) is 3.06. The number of para-hydroxylation sites is 2. The molecule has 0 atom stereocenters. The van der Waals surface area contributed by atoms with Gasteiger partial charge in [-0.15, -0.1) is 0 Å². The van der Waals surface area contributed by atoms with E-state index in [4.69, 9.17) is 4.98 Å². The van der Waals surface area contributed by atoms with Crippen molar-refractivity contribution in [1.82, 2.24) is 4.98 Å². The molecule has 1 aromatic heterocycles. The Morgan fingerprint density at radius 2 is 1.35 bits per heavy atom. The zero-order valence-corrected chi connectivity index (χ0v) is 13.3. The third kappa shape index (κ3) is 2.42. The lowest BCUT2D eigenvalue weighted by molar-refractivity contribution is 1.37. The maximum atomic E-state index is 4.78. The van der Waals surface area contributed by atoms with Gasteiger partial charge in [0.15, 0.2) is 0 Å². The monoisotopic (exact) mass is 298 g/mol.